The molecular formula is C18H14F2N2O3. The van der Waals surface area contributed by atoms with Crippen LogP contribution in [0.5, 0.6) is 0 Å². The quantitative estimate of drug-likeness (QED) is 0.685. The van der Waals surface area contributed by atoms with Crippen molar-refractivity contribution in [2.75, 3.05) is 6.54 Å². The molecule has 1 atom stereocenters. The molecule has 0 saturated carbocycles. The zero-order valence-electron chi connectivity index (χ0n) is 13.3. The number of carbonyl (C=O) groups is 3. The van der Waals surface area contributed by atoms with Crippen molar-refractivity contribution in [3.05, 3.63) is 71.3 Å². The minimum Gasteiger partial charge on any atom is -0.319 e. The SMILES string of the molecule is C[C@]1(c2c(F)cccc2F)NC(=O)N(CC(=O)c2ccccc2)C1=O. The van der Waals surface area contributed by atoms with Gasteiger partial charge < -0.3 is 5.32 Å². The Labute approximate surface area is 142 Å². The van der Waals surface area contributed by atoms with Crippen LogP contribution < -0.4 is 5.32 Å². The molecule has 0 spiro atoms. The van der Waals surface area contributed by atoms with Gasteiger partial charge in [0.25, 0.3) is 5.91 Å². The molecule has 1 N–H and O–H groups in total. The van der Waals surface area contributed by atoms with Crippen molar-refractivity contribution in [1.29, 1.82) is 0 Å². The van der Waals surface area contributed by atoms with Crippen molar-refractivity contribution in [1.82, 2.24) is 10.2 Å². The van der Waals surface area contributed by atoms with Gasteiger partial charge in [0.05, 0.1) is 12.1 Å². The summed E-state index contributed by atoms with van der Waals surface area (Å²) in [6.45, 7) is 0.696. The molecule has 2 aromatic carbocycles. The number of urea groups is 1. The van der Waals surface area contributed by atoms with Gasteiger partial charge in [0.15, 0.2) is 5.78 Å². The standard InChI is InChI=1S/C18H14F2N2O3/c1-18(15-12(19)8-5-9-13(15)20)16(24)22(17(25)21-18)10-14(23)11-6-3-2-4-7-11/h2-9H,10H2,1H3,(H,21,25)/t18-/m1/s1. The van der Waals surface area contributed by atoms with Gasteiger partial charge in [0.2, 0.25) is 0 Å². The monoisotopic (exact) mass is 344 g/mol. The first-order chi connectivity index (χ1) is 11.8. The highest BCUT2D eigenvalue weighted by Gasteiger charge is 2.52. The Hall–Kier alpha value is -3.09. The molecule has 7 heteroatoms. The third-order valence-corrected chi connectivity index (χ3v) is 4.14. The number of Topliss-reactive ketones (excluding diaryl/α,β-unsaturated/α-hetero) is 1. The van der Waals surface area contributed by atoms with Gasteiger partial charge in [-0.25, -0.2) is 13.6 Å². The number of hydrogen-bond donors (Lipinski definition) is 1. The highest BCUT2D eigenvalue weighted by Crippen LogP contribution is 2.32. The van der Waals surface area contributed by atoms with Gasteiger partial charge in [-0.3, -0.25) is 14.5 Å². The predicted molar refractivity (Wildman–Crippen MR) is 84.7 cm³/mol. The number of rotatable bonds is 4. The van der Waals surface area contributed by atoms with E-state index in [2.05, 4.69) is 5.32 Å². The fourth-order valence-corrected chi connectivity index (χ4v) is 2.84. The van der Waals surface area contributed by atoms with E-state index in [-0.39, 0.29) is 0 Å². The third-order valence-electron chi connectivity index (χ3n) is 4.14. The van der Waals surface area contributed by atoms with Gasteiger partial charge in [-0.05, 0) is 19.1 Å². The number of halogens is 2. The molecule has 5 nitrogen and oxygen atoms in total. The molecule has 0 unspecified atom stereocenters. The molecule has 25 heavy (non-hydrogen) atoms. The van der Waals surface area contributed by atoms with Crippen molar-refractivity contribution in [3.63, 3.8) is 0 Å². The number of carbonyl (C=O) groups excluding carboxylic acids is 3. The number of imide groups is 1. The van der Waals surface area contributed by atoms with Crippen LogP contribution in [0, 0.1) is 11.6 Å². The van der Waals surface area contributed by atoms with Crippen LogP contribution in [0.15, 0.2) is 48.5 Å². The predicted octanol–water partition coefficient (Wildman–Crippen LogP) is 2.61. The Morgan fingerprint density at radius 1 is 1.04 bits per heavy atom. The minimum atomic E-state index is -1.91. The van der Waals surface area contributed by atoms with Crippen LogP contribution >= 0.6 is 0 Å². The summed E-state index contributed by atoms with van der Waals surface area (Å²) in [4.78, 5) is 37.7. The molecule has 128 valence electrons. The van der Waals surface area contributed by atoms with Gasteiger partial charge in [-0.2, -0.15) is 0 Å². The fourth-order valence-electron chi connectivity index (χ4n) is 2.84. The number of nitrogens with zero attached hydrogens (tertiary/aromatic N) is 1. The minimum absolute atomic E-state index is 0.328. The second-order valence-electron chi connectivity index (χ2n) is 5.83. The summed E-state index contributed by atoms with van der Waals surface area (Å²) in [6, 6.07) is 10.4. The van der Waals surface area contributed by atoms with Crippen LogP contribution in [0.3, 0.4) is 0 Å². The lowest BCUT2D eigenvalue weighted by molar-refractivity contribution is -0.130. The Morgan fingerprint density at radius 2 is 1.64 bits per heavy atom. The number of amides is 3. The summed E-state index contributed by atoms with van der Waals surface area (Å²) in [6.07, 6.45) is 0. The Bertz CT molecular complexity index is 850. The molecule has 1 saturated heterocycles. The Kier molecular flexibility index (Phi) is 4.08. The zero-order valence-corrected chi connectivity index (χ0v) is 13.3. The van der Waals surface area contributed by atoms with Crippen LogP contribution in [-0.2, 0) is 10.3 Å². The largest absolute Gasteiger partial charge is 0.325 e. The maximum atomic E-state index is 14.1. The fraction of sp³-hybridized carbons (Fsp3) is 0.167. The smallest absolute Gasteiger partial charge is 0.319 e. The Balaban J connectivity index is 1.91. The summed E-state index contributed by atoms with van der Waals surface area (Å²) >= 11 is 0. The summed E-state index contributed by atoms with van der Waals surface area (Å²) in [7, 11) is 0. The van der Waals surface area contributed by atoms with Gasteiger partial charge >= 0.3 is 6.03 Å². The van der Waals surface area contributed by atoms with Crippen LogP contribution in [-0.4, -0.2) is 29.2 Å². The number of ketones is 1. The number of benzene rings is 2. The molecule has 2 aromatic rings. The van der Waals surface area contributed by atoms with Crippen molar-refractivity contribution >= 4 is 17.7 Å². The van der Waals surface area contributed by atoms with Crippen LogP contribution in [0.1, 0.15) is 22.8 Å². The molecular weight excluding hydrogens is 330 g/mol. The number of hydrogen-bond acceptors (Lipinski definition) is 3. The van der Waals surface area contributed by atoms with Crippen LogP contribution in [0.4, 0.5) is 13.6 Å². The molecule has 3 rings (SSSR count). The number of nitrogens with one attached hydrogen (secondary N) is 1. The van der Waals surface area contributed by atoms with E-state index >= 15 is 0 Å². The van der Waals surface area contributed by atoms with E-state index in [0.29, 0.717) is 10.5 Å². The molecule has 1 aliphatic rings. The first-order valence-electron chi connectivity index (χ1n) is 7.51. The van der Waals surface area contributed by atoms with Crippen LogP contribution in [0.2, 0.25) is 0 Å². The summed E-state index contributed by atoms with van der Waals surface area (Å²) in [5, 5.41) is 2.29. The highest BCUT2D eigenvalue weighted by atomic mass is 19.1. The van der Waals surface area contributed by atoms with E-state index in [1.807, 2.05) is 0 Å². The molecule has 0 aromatic heterocycles. The van der Waals surface area contributed by atoms with Gasteiger partial charge in [-0.15, -0.1) is 0 Å². The molecule has 1 aliphatic heterocycles. The zero-order chi connectivity index (χ0) is 18.2. The van der Waals surface area contributed by atoms with Gasteiger partial charge in [0, 0.05) is 5.56 Å². The molecule has 0 radical (unpaired) electrons. The van der Waals surface area contributed by atoms with E-state index in [1.54, 1.807) is 30.3 Å². The van der Waals surface area contributed by atoms with E-state index < -0.39 is 47.0 Å². The summed E-state index contributed by atoms with van der Waals surface area (Å²) in [5.74, 6) is -3.24. The third kappa shape index (κ3) is 2.77. The maximum absolute atomic E-state index is 14.1. The second kappa shape index (κ2) is 6.08. The molecule has 3 amide bonds. The van der Waals surface area contributed by atoms with Crippen molar-refractivity contribution < 1.29 is 23.2 Å². The Morgan fingerprint density at radius 3 is 2.24 bits per heavy atom. The molecule has 1 heterocycles. The summed E-state index contributed by atoms with van der Waals surface area (Å²) < 4.78 is 28.1. The van der Waals surface area contributed by atoms with Crippen molar-refractivity contribution in [2.24, 2.45) is 0 Å². The topological polar surface area (TPSA) is 66.5 Å². The van der Waals surface area contributed by atoms with Gasteiger partial charge in [0.1, 0.15) is 17.2 Å². The molecule has 0 bridgehead atoms. The first-order valence-corrected chi connectivity index (χ1v) is 7.51. The normalized spacial score (nSPS) is 19.9. The van der Waals surface area contributed by atoms with Crippen molar-refractivity contribution in [2.45, 2.75) is 12.5 Å². The van der Waals surface area contributed by atoms with E-state index in [4.69, 9.17) is 0 Å². The maximum Gasteiger partial charge on any atom is 0.325 e. The van der Waals surface area contributed by atoms with E-state index in [0.717, 1.165) is 18.2 Å². The molecule has 1 fully saturated rings. The highest BCUT2D eigenvalue weighted by molar-refractivity contribution is 6.11. The van der Waals surface area contributed by atoms with Crippen LogP contribution in [0.25, 0.3) is 0 Å². The average Bonchev–Trinajstić information content (AvgIpc) is 2.79. The van der Waals surface area contributed by atoms with Gasteiger partial charge in [-0.1, -0.05) is 36.4 Å². The van der Waals surface area contributed by atoms with E-state index in [9.17, 15) is 23.2 Å². The molecule has 0 aliphatic carbocycles. The summed E-state index contributed by atoms with van der Waals surface area (Å²) in [5.41, 5.74) is -2.14. The first kappa shape index (κ1) is 16.8. The average molecular weight is 344 g/mol. The van der Waals surface area contributed by atoms with Crippen molar-refractivity contribution in [3.8, 4) is 0 Å². The lowest BCUT2D eigenvalue weighted by atomic mass is 9.91. The van der Waals surface area contributed by atoms with E-state index in [1.165, 1.54) is 6.92 Å². The lowest BCUT2D eigenvalue weighted by Crippen LogP contribution is -2.43. The lowest BCUT2D eigenvalue weighted by Gasteiger charge is -2.23. The second-order valence-corrected chi connectivity index (χ2v) is 5.83.